The second-order valence-electron chi connectivity index (χ2n) is 5.54. The summed E-state index contributed by atoms with van der Waals surface area (Å²) in [6.45, 7) is 1.10. The Balaban J connectivity index is 1.72. The number of aryl methyl sites for hydroxylation is 2. The predicted octanol–water partition coefficient (Wildman–Crippen LogP) is 2.50. The monoisotopic (exact) mass is 317 g/mol. The van der Waals surface area contributed by atoms with Gasteiger partial charge in [-0.05, 0) is 37.8 Å². The van der Waals surface area contributed by atoms with Gasteiger partial charge in [-0.3, -0.25) is 14.7 Å². The van der Waals surface area contributed by atoms with Crippen molar-refractivity contribution in [2.45, 2.75) is 38.8 Å². The van der Waals surface area contributed by atoms with Gasteiger partial charge in [0.15, 0.2) is 0 Å². The van der Waals surface area contributed by atoms with Gasteiger partial charge in [-0.2, -0.15) is 0 Å². The van der Waals surface area contributed by atoms with Crippen LogP contribution in [0.4, 0.5) is 0 Å². The first-order valence-electron chi connectivity index (χ1n) is 7.52. The first-order valence-corrected chi connectivity index (χ1v) is 8.34. The fourth-order valence-corrected chi connectivity index (χ4v) is 3.94. The molecule has 0 atom stereocenters. The molecule has 1 aliphatic rings. The second-order valence-corrected chi connectivity index (χ2v) is 6.71. The molecule has 0 fully saturated rings. The van der Waals surface area contributed by atoms with E-state index in [1.54, 1.807) is 17.5 Å². The van der Waals surface area contributed by atoms with Gasteiger partial charge in [0.05, 0.1) is 24.5 Å². The zero-order valence-electron chi connectivity index (χ0n) is 12.4. The maximum Gasteiger partial charge on any atom is 0.317 e. The van der Waals surface area contributed by atoms with Crippen LogP contribution in [0.2, 0.25) is 0 Å². The van der Waals surface area contributed by atoms with Gasteiger partial charge >= 0.3 is 5.97 Å². The SMILES string of the molecule is O=C(O)CN(Cc1ccccn1)Cc1nc2c(s1)CCCC2. The fraction of sp³-hybridized carbons (Fsp3) is 0.438. The molecular formula is C16H19N3O2S. The van der Waals surface area contributed by atoms with Crippen LogP contribution in [0.1, 0.15) is 34.1 Å². The number of fused-ring (bicyclic) bond motifs is 1. The number of carboxylic acids is 1. The van der Waals surface area contributed by atoms with E-state index in [0.29, 0.717) is 13.1 Å². The quantitative estimate of drug-likeness (QED) is 0.887. The number of carbonyl (C=O) groups is 1. The average molecular weight is 317 g/mol. The van der Waals surface area contributed by atoms with E-state index in [1.165, 1.54) is 23.4 Å². The standard InChI is InChI=1S/C16H19N3O2S/c20-16(21)11-19(9-12-5-3-4-8-17-12)10-15-18-13-6-1-2-7-14(13)22-15/h3-5,8H,1-2,6-7,9-11H2,(H,20,21). The van der Waals surface area contributed by atoms with Crippen molar-refractivity contribution in [2.24, 2.45) is 0 Å². The third-order valence-electron chi connectivity index (χ3n) is 3.72. The lowest BCUT2D eigenvalue weighted by Crippen LogP contribution is -2.29. The summed E-state index contributed by atoms with van der Waals surface area (Å²) < 4.78 is 0. The molecular weight excluding hydrogens is 298 g/mol. The molecule has 6 heteroatoms. The van der Waals surface area contributed by atoms with E-state index in [4.69, 9.17) is 10.1 Å². The molecule has 0 aromatic carbocycles. The van der Waals surface area contributed by atoms with E-state index in [-0.39, 0.29) is 6.54 Å². The van der Waals surface area contributed by atoms with Crippen molar-refractivity contribution in [3.63, 3.8) is 0 Å². The summed E-state index contributed by atoms with van der Waals surface area (Å²) >= 11 is 1.74. The van der Waals surface area contributed by atoms with Crippen LogP contribution in [-0.2, 0) is 30.7 Å². The molecule has 5 nitrogen and oxygen atoms in total. The van der Waals surface area contributed by atoms with E-state index < -0.39 is 5.97 Å². The second kappa shape index (κ2) is 6.98. The highest BCUT2D eigenvalue weighted by molar-refractivity contribution is 7.11. The first-order chi connectivity index (χ1) is 10.7. The van der Waals surface area contributed by atoms with Crippen molar-refractivity contribution in [1.29, 1.82) is 0 Å². The number of rotatable bonds is 6. The first kappa shape index (κ1) is 15.1. The summed E-state index contributed by atoms with van der Waals surface area (Å²) in [6.07, 6.45) is 6.36. The third kappa shape index (κ3) is 3.90. The molecule has 1 N–H and O–H groups in total. The van der Waals surface area contributed by atoms with Gasteiger partial charge < -0.3 is 5.11 Å². The Kier molecular flexibility index (Phi) is 4.80. The maximum absolute atomic E-state index is 11.1. The Morgan fingerprint density at radius 1 is 1.27 bits per heavy atom. The number of thiazole rings is 1. The summed E-state index contributed by atoms with van der Waals surface area (Å²) in [5.41, 5.74) is 2.10. The van der Waals surface area contributed by atoms with Crippen molar-refractivity contribution in [1.82, 2.24) is 14.9 Å². The summed E-state index contributed by atoms with van der Waals surface area (Å²) in [4.78, 5) is 23.4. The van der Waals surface area contributed by atoms with Crippen LogP contribution in [0.5, 0.6) is 0 Å². The van der Waals surface area contributed by atoms with E-state index >= 15 is 0 Å². The van der Waals surface area contributed by atoms with Crippen LogP contribution >= 0.6 is 11.3 Å². The molecule has 0 aliphatic heterocycles. The van der Waals surface area contributed by atoms with Crippen LogP contribution in [0.15, 0.2) is 24.4 Å². The molecule has 22 heavy (non-hydrogen) atoms. The van der Waals surface area contributed by atoms with Gasteiger partial charge in [-0.15, -0.1) is 11.3 Å². The molecule has 0 amide bonds. The molecule has 2 aromatic rings. The third-order valence-corrected chi connectivity index (χ3v) is 4.86. The highest BCUT2D eigenvalue weighted by atomic mass is 32.1. The van der Waals surface area contributed by atoms with E-state index in [0.717, 1.165) is 23.5 Å². The number of aliphatic carboxylic acids is 1. The molecule has 2 heterocycles. The molecule has 0 radical (unpaired) electrons. The number of pyridine rings is 1. The van der Waals surface area contributed by atoms with Gasteiger partial charge in [-0.25, -0.2) is 4.98 Å². The lowest BCUT2D eigenvalue weighted by atomic mass is 10.0. The minimum Gasteiger partial charge on any atom is -0.480 e. The zero-order chi connectivity index (χ0) is 15.4. The van der Waals surface area contributed by atoms with Crippen molar-refractivity contribution < 1.29 is 9.90 Å². The number of nitrogens with zero attached hydrogens (tertiary/aromatic N) is 3. The Labute approximate surface area is 133 Å². The van der Waals surface area contributed by atoms with Gasteiger partial charge in [0.2, 0.25) is 0 Å². The van der Waals surface area contributed by atoms with Gasteiger partial charge in [-0.1, -0.05) is 6.07 Å². The Bertz CT molecular complexity index is 619. The highest BCUT2D eigenvalue weighted by Crippen LogP contribution is 2.27. The fourth-order valence-electron chi connectivity index (χ4n) is 2.74. The summed E-state index contributed by atoms with van der Waals surface area (Å²) in [5.74, 6) is -0.822. The van der Waals surface area contributed by atoms with Crippen LogP contribution in [0, 0.1) is 0 Å². The van der Waals surface area contributed by atoms with Gasteiger partial charge in [0.1, 0.15) is 5.01 Å². The predicted molar refractivity (Wildman–Crippen MR) is 84.7 cm³/mol. The number of aromatic nitrogens is 2. The lowest BCUT2D eigenvalue weighted by Gasteiger charge is -2.18. The van der Waals surface area contributed by atoms with Crippen molar-refractivity contribution in [3.05, 3.63) is 45.7 Å². The largest absolute Gasteiger partial charge is 0.480 e. The van der Waals surface area contributed by atoms with Crippen LogP contribution in [0.25, 0.3) is 0 Å². The Morgan fingerprint density at radius 3 is 2.86 bits per heavy atom. The van der Waals surface area contributed by atoms with Crippen LogP contribution < -0.4 is 0 Å². The lowest BCUT2D eigenvalue weighted by molar-refractivity contribution is -0.138. The minimum absolute atomic E-state index is 0.000814. The van der Waals surface area contributed by atoms with Crippen LogP contribution in [0.3, 0.4) is 0 Å². The zero-order valence-corrected chi connectivity index (χ0v) is 13.2. The summed E-state index contributed by atoms with van der Waals surface area (Å²) in [5, 5.41) is 10.1. The van der Waals surface area contributed by atoms with Crippen molar-refractivity contribution in [2.75, 3.05) is 6.54 Å². The summed E-state index contributed by atoms with van der Waals surface area (Å²) in [7, 11) is 0. The molecule has 116 valence electrons. The molecule has 0 bridgehead atoms. The number of hydrogen-bond donors (Lipinski definition) is 1. The van der Waals surface area contributed by atoms with E-state index in [9.17, 15) is 4.79 Å². The Morgan fingerprint density at radius 2 is 2.14 bits per heavy atom. The molecule has 3 rings (SSSR count). The molecule has 0 unspecified atom stereocenters. The maximum atomic E-state index is 11.1. The highest BCUT2D eigenvalue weighted by Gasteiger charge is 2.18. The smallest absolute Gasteiger partial charge is 0.317 e. The molecule has 0 saturated heterocycles. The minimum atomic E-state index is -0.822. The molecule has 1 aliphatic carbocycles. The van der Waals surface area contributed by atoms with Gasteiger partial charge in [0.25, 0.3) is 0 Å². The topological polar surface area (TPSA) is 66.3 Å². The van der Waals surface area contributed by atoms with E-state index in [2.05, 4.69) is 4.98 Å². The summed E-state index contributed by atoms with van der Waals surface area (Å²) in [6, 6.07) is 5.70. The molecule has 0 spiro atoms. The van der Waals surface area contributed by atoms with Gasteiger partial charge in [0, 0.05) is 17.6 Å². The van der Waals surface area contributed by atoms with Crippen molar-refractivity contribution in [3.8, 4) is 0 Å². The Hall–Kier alpha value is -1.79. The van der Waals surface area contributed by atoms with Crippen LogP contribution in [-0.4, -0.2) is 32.5 Å². The molecule has 2 aromatic heterocycles. The average Bonchev–Trinajstić information content (AvgIpc) is 2.89. The normalized spacial score (nSPS) is 14.0. The number of hydrogen-bond acceptors (Lipinski definition) is 5. The molecule has 0 saturated carbocycles. The van der Waals surface area contributed by atoms with E-state index in [1.807, 2.05) is 23.1 Å². The van der Waals surface area contributed by atoms with Crippen molar-refractivity contribution >= 4 is 17.3 Å². The number of carboxylic acid groups (broad SMARTS) is 1.